The van der Waals surface area contributed by atoms with E-state index in [0.717, 1.165) is 16.9 Å². The van der Waals surface area contributed by atoms with E-state index in [9.17, 15) is 9.18 Å². The van der Waals surface area contributed by atoms with Crippen LogP contribution in [0.4, 0.5) is 4.39 Å². The molecule has 2 N–H and O–H groups in total. The maximum atomic E-state index is 12.8. The fourth-order valence-corrected chi connectivity index (χ4v) is 2.03. The van der Waals surface area contributed by atoms with Crippen LogP contribution in [0.3, 0.4) is 0 Å². The van der Waals surface area contributed by atoms with E-state index in [4.69, 9.17) is 4.74 Å². The highest BCUT2D eigenvalue weighted by Crippen LogP contribution is 2.16. The molecule has 2 rings (SSSR count). The number of halogens is 1. The monoisotopic (exact) mass is 302 g/mol. The lowest BCUT2D eigenvalue weighted by molar-refractivity contribution is -0.120. The van der Waals surface area contributed by atoms with E-state index in [0.29, 0.717) is 13.1 Å². The number of benzene rings is 2. The zero-order chi connectivity index (χ0) is 15.8. The van der Waals surface area contributed by atoms with Crippen molar-refractivity contribution >= 4 is 5.91 Å². The normalized spacial score (nSPS) is 10.3. The molecule has 1 amide bonds. The van der Waals surface area contributed by atoms with Crippen molar-refractivity contribution in [2.75, 3.05) is 13.7 Å². The molecule has 2 aromatic carbocycles. The second kappa shape index (κ2) is 8.14. The average Bonchev–Trinajstić information content (AvgIpc) is 2.55. The van der Waals surface area contributed by atoms with Gasteiger partial charge in [0.1, 0.15) is 11.6 Å². The first-order valence-corrected chi connectivity index (χ1v) is 7.03. The molecule has 0 atom stereocenters. The van der Waals surface area contributed by atoms with E-state index in [1.165, 1.54) is 12.1 Å². The molecule has 0 saturated carbocycles. The summed E-state index contributed by atoms with van der Waals surface area (Å²) in [5.74, 6) is 0.383. The number of carbonyl (C=O) groups is 1. The molecule has 0 bridgehead atoms. The molecule has 0 aliphatic heterocycles. The third kappa shape index (κ3) is 4.86. The molecule has 5 heteroatoms. The number of para-hydroxylation sites is 1. The maximum absolute atomic E-state index is 12.8. The Hall–Kier alpha value is -2.40. The maximum Gasteiger partial charge on any atom is 0.234 e. The molecule has 4 nitrogen and oxygen atoms in total. The molecule has 0 unspecified atom stereocenters. The number of rotatable bonds is 7. The zero-order valence-corrected chi connectivity index (χ0v) is 12.4. The van der Waals surface area contributed by atoms with Gasteiger partial charge >= 0.3 is 0 Å². The topological polar surface area (TPSA) is 50.4 Å². The molecular formula is C17H19FN2O2. The van der Waals surface area contributed by atoms with Crippen LogP contribution in [0, 0.1) is 5.82 Å². The minimum Gasteiger partial charge on any atom is -0.496 e. The Balaban J connectivity index is 1.73. The van der Waals surface area contributed by atoms with Crippen LogP contribution in [-0.2, 0) is 17.9 Å². The minimum atomic E-state index is -0.265. The van der Waals surface area contributed by atoms with Crippen molar-refractivity contribution < 1.29 is 13.9 Å². The molecule has 0 aliphatic rings. The predicted molar refractivity (Wildman–Crippen MR) is 82.9 cm³/mol. The molecule has 2 aromatic rings. The standard InChI is InChI=1S/C17H19FN2O2/c1-22-16-5-3-2-4-14(16)11-20-17(21)12-19-10-13-6-8-15(18)9-7-13/h2-9,19H,10-12H2,1H3,(H,20,21). The number of amides is 1. The van der Waals surface area contributed by atoms with Gasteiger partial charge in [0.05, 0.1) is 13.7 Å². The van der Waals surface area contributed by atoms with Crippen molar-refractivity contribution in [3.8, 4) is 5.75 Å². The lowest BCUT2D eigenvalue weighted by atomic mass is 10.2. The van der Waals surface area contributed by atoms with E-state index in [2.05, 4.69) is 10.6 Å². The fraction of sp³-hybridized carbons (Fsp3) is 0.235. The summed E-state index contributed by atoms with van der Waals surface area (Å²) in [6.07, 6.45) is 0. The molecule has 0 fully saturated rings. The highest BCUT2D eigenvalue weighted by atomic mass is 19.1. The summed E-state index contributed by atoms with van der Waals surface area (Å²) >= 11 is 0. The van der Waals surface area contributed by atoms with E-state index >= 15 is 0 Å². The smallest absolute Gasteiger partial charge is 0.234 e. The summed E-state index contributed by atoms with van der Waals surface area (Å²) in [6, 6.07) is 13.7. The molecule has 0 aliphatic carbocycles. The Bertz CT molecular complexity index is 614. The molecule has 0 saturated heterocycles. The van der Waals surface area contributed by atoms with Gasteiger partial charge in [-0.15, -0.1) is 0 Å². The van der Waals surface area contributed by atoms with E-state index < -0.39 is 0 Å². The van der Waals surface area contributed by atoms with Crippen LogP contribution in [-0.4, -0.2) is 19.6 Å². The van der Waals surface area contributed by atoms with Crippen molar-refractivity contribution in [1.82, 2.24) is 10.6 Å². The number of nitrogens with one attached hydrogen (secondary N) is 2. The van der Waals surface area contributed by atoms with Crippen LogP contribution in [0.5, 0.6) is 5.75 Å². The third-order valence-corrected chi connectivity index (χ3v) is 3.20. The van der Waals surface area contributed by atoms with Gasteiger partial charge in [0.25, 0.3) is 0 Å². The first-order chi connectivity index (χ1) is 10.7. The minimum absolute atomic E-state index is 0.104. The van der Waals surface area contributed by atoms with E-state index in [1.807, 2.05) is 24.3 Å². The van der Waals surface area contributed by atoms with Crippen LogP contribution in [0.25, 0.3) is 0 Å². The quantitative estimate of drug-likeness (QED) is 0.825. The number of hydrogen-bond donors (Lipinski definition) is 2. The Kier molecular flexibility index (Phi) is 5.91. The van der Waals surface area contributed by atoms with Gasteiger partial charge in [0.2, 0.25) is 5.91 Å². The van der Waals surface area contributed by atoms with Crippen molar-refractivity contribution in [2.45, 2.75) is 13.1 Å². The van der Waals surface area contributed by atoms with Gasteiger partial charge < -0.3 is 15.4 Å². The summed E-state index contributed by atoms with van der Waals surface area (Å²) in [4.78, 5) is 11.8. The summed E-state index contributed by atoms with van der Waals surface area (Å²) in [5, 5.41) is 5.85. The molecule has 0 radical (unpaired) electrons. The van der Waals surface area contributed by atoms with Gasteiger partial charge in [0, 0.05) is 18.7 Å². The lowest BCUT2D eigenvalue weighted by Crippen LogP contribution is -2.33. The Morgan fingerprint density at radius 3 is 2.55 bits per heavy atom. The van der Waals surface area contributed by atoms with Gasteiger partial charge in [-0.25, -0.2) is 4.39 Å². The van der Waals surface area contributed by atoms with Crippen molar-refractivity contribution in [3.05, 3.63) is 65.5 Å². The fourth-order valence-electron chi connectivity index (χ4n) is 2.03. The number of hydrogen-bond acceptors (Lipinski definition) is 3. The van der Waals surface area contributed by atoms with E-state index in [1.54, 1.807) is 19.2 Å². The van der Waals surface area contributed by atoms with Crippen LogP contribution in [0.2, 0.25) is 0 Å². The number of carbonyl (C=O) groups excluding carboxylic acids is 1. The second-order valence-electron chi connectivity index (χ2n) is 4.82. The lowest BCUT2D eigenvalue weighted by Gasteiger charge is -2.10. The van der Waals surface area contributed by atoms with Crippen LogP contribution in [0.15, 0.2) is 48.5 Å². The van der Waals surface area contributed by atoms with Crippen LogP contribution in [0.1, 0.15) is 11.1 Å². The molecular weight excluding hydrogens is 283 g/mol. The van der Waals surface area contributed by atoms with Gasteiger partial charge in [-0.1, -0.05) is 30.3 Å². The predicted octanol–water partition coefficient (Wildman–Crippen LogP) is 2.24. The number of ether oxygens (including phenoxy) is 1. The first-order valence-electron chi connectivity index (χ1n) is 7.03. The third-order valence-electron chi connectivity index (χ3n) is 3.20. The zero-order valence-electron chi connectivity index (χ0n) is 12.4. The summed E-state index contributed by atoms with van der Waals surface area (Å²) in [5.41, 5.74) is 1.86. The van der Waals surface area contributed by atoms with Gasteiger partial charge in [-0.3, -0.25) is 4.79 Å². The van der Waals surface area contributed by atoms with Crippen molar-refractivity contribution in [1.29, 1.82) is 0 Å². The van der Waals surface area contributed by atoms with Crippen LogP contribution >= 0.6 is 0 Å². The summed E-state index contributed by atoms with van der Waals surface area (Å²) < 4.78 is 18.0. The molecule has 116 valence electrons. The average molecular weight is 302 g/mol. The van der Waals surface area contributed by atoms with Crippen molar-refractivity contribution in [3.63, 3.8) is 0 Å². The SMILES string of the molecule is COc1ccccc1CNC(=O)CNCc1ccc(F)cc1. The number of methoxy groups -OCH3 is 1. The van der Waals surface area contributed by atoms with Gasteiger partial charge in [-0.2, -0.15) is 0 Å². The Morgan fingerprint density at radius 2 is 1.82 bits per heavy atom. The molecule has 0 aromatic heterocycles. The van der Waals surface area contributed by atoms with Crippen LogP contribution < -0.4 is 15.4 Å². The molecule has 22 heavy (non-hydrogen) atoms. The highest BCUT2D eigenvalue weighted by molar-refractivity contribution is 5.78. The summed E-state index contributed by atoms with van der Waals surface area (Å²) in [7, 11) is 1.60. The summed E-state index contributed by atoms with van der Waals surface area (Å²) in [6.45, 7) is 1.13. The Morgan fingerprint density at radius 1 is 1.09 bits per heavy atom. The first kappa shape index (κ1) is 16.0. The second-order valence-corrected chi connectivity index (χ2v) is 4.82. The van der Waals surface area contributed by atoms with E-state index in [-0.39, 0.29) is 18.3 Å². The van der Waals surface area contributed by atoms with Gasteiger partial charge in [0.15, 0.2) is 0 Å². The Labute approximate surface area is 129 Å². The van der Waals surface area contributed by atoms with Crippen molar-refractivity contribution in [2.24, 2.45) is 0 Å². The molecule has 0 spiro atoms. The van der Waals surface area contributed by atoms with Gasteiger partial charge in [-0.05, 0) is 23.8 Å². The molecule has 0 heterocycles. The highest BCUT2D eigenvalue weighted by Gasteiger charge is 2.04. The largest absolute Gasteiger partial charge is 0.496 e.